The van der Waals surface area contributed by atoms with Crippen molar-refractivity contribution in [3.8, 4) is 0 Å². The van der Waals surface area contributed by atoms with Crippen molar-refractivity contribution in [2.24, 2.45) is 11.8 Å². The highest BCUT2D eigenvalue weighted by molar-refractivity contribution is 4.97. The van der Waals surface area contributed by atoms with Crippen molar-refractivity contribution in [3.05, 3.63) is 0 Å². The second-order valence-corrected chi connectivity index (χ2v) is 10.4. The first-order chi connectivity index (χ1) is 16.8. The van der Waals surface area contributed by atoms with Gasteiger partial charge in [-0.3, -0.25) is 0 Å². The molecule has 0 aliphatic heterocycles. The van der Waals surface area contributed by atoms with Crippen molar-refractivity contribution < 1.29 is 35.4 Å². The average molecular weight is 507 g/mol. The van der Waals surface area contributed by atoms with Crippen molar-refractivity contribution in [1.82, 2.24) is 0 Å². The van der Waals surface area contributed by atoms with Gasteiger partial charge in [0.15, 0.2) is 0 Å². The van der Waals surface area contributed by atoms with E-state index in [4.69, 9.17) is 4.74 Å². The average Bonchev–Trinajstić information content (AvgIpc) is 2.88. The number of hydrogen-bond acceptors (Lipinski definition) is 7. The maximum absolute atomic E-state index is 10.4. The quantitative estimate of drug-likeness (QED) is 0.117. The van der Waals surface area contributed by atoms with Crippen LogP contribution in [0.5, 0.6) is 0 Å². The van der Waals surface area contributed by atoms with Gasteiger partial charge in [0.25, 0.3) is 0 Å². The molecule has 7 heteroatoms. The molecule has 7 nitrogen and oxygen atoms in total. The van der Waals surface area contributed by atoms with Crippen LogP contribution < -0.4 is 0 Å². The lowest BCUT2D eigenvalue weighted by Crippen LogP contribution is -2.53. The van der Waals surface area contributed by atoms with Crippen molar-refractivity contribution in [2.45, 2.75) is 141 Å². The number of ether oxygens (including phenoxy) is 1. The normalized spacial score (nSPS) is 19.0. The Hall–Kier alpha value is -0.280. The van der Waals surface area contributed by atoms with Crippen molar-refractivity contribution >= 4 is 0 Å². The molecule has 0 saturated carbocycles. The van der Waals surface area contributed by atoms with E-state index in [1.165, 1.54) is 0 Å². The monoisotopic (exact) mass is 506 g/mol. The van der Waals surface area contributed by atoms with Crippen LogP contribution in [-0.2, 0) is 4.74 Å². The first-order valence-corrected chi connectivity index (χ1v) is 14.3. The molecule has 0 rings (SSSR count). The predicted octanol–water partition coefficient (Wildman–Crippen LogP) is 3.95. The smallest absolute Gasteiger partial charge is 0.0774 e. The van der Waals surface area contributed by atoms with Gasteiger partial charge in [0, 0.05) is 13.2 Å². The summed E-state index contributed by atoms with van der Waals surface area (Å²) in [5.41, 5.74) is -1.23. The predicted molar refractivity (Wildman–Crippen MR) is 141 cm³/mol. The van der Waals surface area contributed by atoms with Crippen molar-refractivity contribution in [2.75, 3.05) is 26.4 Å². The lowest BCUT2D eigenvalue weighted by Gasteiger charge is -2.52. The molecule has 0 heterocycles. The van der Waals surface area contributed by atoms with E-state index >= 15 is 0 Å². The van der Waals surface area contributed by atoms with Crippen molar-refractivity contribution in [3.63, 3.8) is 0 Å². The Labute approximate surface area is 214 Å². The fourth-order valence-corrected chi connectivity index (χ4v) is 5.81. The van der Waals surface area contributed by atoms with E-state index in [1.54, 1.807) is 0 Å². The SMILES string of the molecule is CCCCC(CC(O)CO)C(CC)(CCCO)OC(CC)(CCCO)C(CCCC)CC(O)CO. The Morgan fingerprint density at radius 2 is 0.971 bits per heavy atom. The van der Waals surface area contributed by atoms with Crippen LogP contribution in [0.15, 0.2) is 0 Å². The van der Waals surface area contributed by atoms with Gasteiger partial charge < -0.3 is 35.4 Å². The number of hydrogen-bond donors (Lipinski definition) is 6. The van der Waals surface area contributed by atoms with Crippen LogP contribution in [0.2, 0.25) is 0 Å². The van der Waals surface area contributed by atoms with Gasteiger partial charge in [-0.05, 0) is 76.0 Å². The van der Waals surface area contributed by atoms with E-state index in [0.29, 0.717) is 51.4 Å². The van der Waals surface area contributed by atoms with Gasteiger partial charge in [-0.1, -0.05) is 53.4 Å². The summed E-state index contributed by atoms with van der Waals surface area (Å²) in [6, 6.07) is 0. The summed E-state index contributed by atoms with van der Waals surface area (Å²) in [5.74, 6) is -0.00779. The summed E-state index contributed by atoms with van der Waals surface area (Å²) in [7, 11) is 0. The van der Waals surface area contributed by atoms with E-state index in [9.17, 15) is 30.6 Å². The lowest BCUT2D eigenvalue weighted by molar-refractivity contribution is -0.226. The van der Waals surface area contributed by atoms with Gasteiger partial charge >= 0.3 is 0 Å². The van der Waals surface area contributed by atoms with Crippen LogP contribution in [-0.4, -0.2) is 80.5 Å². The molecule has 35 heavy (non-hydrogen) atoms. The Kier molecular flexibility index (Phi) is 19.6. The first-order valence-electron chi connectivity index (χ1n) is 14.3. The molecular formula is C28H58O7. The first kappa shape index (κ1) is 34.7. The molecule has 0 aliphatic rings. The fraction of sp³-hybridized carbons (Fsp3) is 1.00. The summed E-state index contributed by atoms with van der Waals surface area (Å²) in [4.78, 5) is 0. The molecule has 0 bridgehead atoms. The second-order valence-electron chi connectivity index (χ2n) is 10.4. The third-order valence-corrected chi connectivity index (χ3v) is 7.95. The highest BCUT2D eigenvalue weighted by Gasteiger charge is 2.48. The van der Waals surface area contributed by atoms with E-state index in [1.807, 2.05) is 0 Å². The second kappa shape index (κ2) is 19.8. The van der Waals surface area contributed by atoms with Gasteiger partial charge in [-0.2, -0.15) is 0 Å². The topological polar surface area (TPSA) is 131 Å². The molecule has 0 aromatic carbocycles. The zero-order chi connectivity index (χ0) is 26.7. The van der Waals surface area contributed by atoms with Gasteiger partial charge in [0.2, 0.25) is 0 Å². The van der Waals surface area contributed by atoms with E-state index in [2.05, 4.69) is 27.7 Å². The van der Waals surface area contributed by atoms with Crippen molar-refractivity contribution in [1.29, 1.82) is 0 Å². The third kappa shape index (κ3) is 11.8. The van der Waals surface area contributed by atoms with E-state index in [-0.39, 0.29) is 38.3 Å². The number of aliphatic hydroxyl groups excluding tert-OH is 6. The number of rotatable bonds is 24. The molecule has 0 radical (unpaired) electrons. The highest BCUT2D eigenvalue weighted by atomic mass is 16.5. The number of unbranched alkanes of at least 4 members (excludes halogenated alkanes) is 2. The van der Waals surface area contributed by atoms with Crippen LogP contribution in [0.3, 0.4) is 0 Å². The summed E-state index contributed by atoms with van der Waals surface area (Å²) >= 11 is 0. The van der Waals surface area contributed by atoms with Gasteiger partial charge in [0.05, 0.1) is 36.6 Å². The minimum atomic E-state index is -0.832. The third-order valence-electron chi connectivity index (χ3n) is 7.95. The molecule has 212 valence electrons. The highest BCUT2D eigenvalue weighted by Crippen LogP contribution is 2.47. The maximum atomic E-state index is 10.4. The molecule has 0 saturated heterocycles. The Balaban J connectivity index is 6.60. The fourth-order valence-electron chi connectivity index (χ4n) is 5.81. The largest absolute Gasteiger partial charge is 0.396 e. The molecular weight excluding hydrogens is 448 g/mol. The standard InChI is InChI=1S/C28H58O7/c1-5-9-13-23(19-25(33)21-31)27(7-3,15-11-17-29)35-28(8-4,16-12-18-30)24(14-10-6-2)20-26(34)22-32/h23-26,29-34H,5-22H2,1-4H3. The maximum Gasteiger partial charge on any atom is 0.0774 e. The Bertz CT molecular complexity index is 450. The van der Waals surface area contributed by atoms with Gasteiger partial charge in [-0.25, -0.2) is 0 Å². The molecule has 6 unspecified atom stereocenters. The summed E-state index contributed by atoms with van der Waals surface area (Å²) in [5, 5.41) is 59.6. The zero-order valence-corrected chi connectivity index (χ0v) is 23.1. The molecule has 6 N–H and O–H groups in total. The molecule has 0 amide bonds. The lowest BCUT2D eigenvalue weighted by atomic mass is 9.71. The van der Waals surface area contributed by atoms with Gasteiger partial charge in [0.1, 0.15) is 0 Å². The van der Waals surface area contributed by atoms with E-state index in [0.717, 1.165) is 38.5 Å². The minimum absolute atomic E-state index is 0.00390. The van der Waals surface area contributed by atoms with Crippen LogP contribution in [0, 0.1) is 11.8 Å². The minimum Gasteiger partial charge on any atom is -0.396 e. The zero-order valence-electron chi connectivity index (χ0n) is 23.1. The van der Waals surface area contributed by atoms with Gasteiger partial charge in [-0.15, -0.1) is 0 Å². The van der Waals surface area contributed by atoms with Crippen LogP contribution in [0.25, 0.3) is 0 Å². The molecule has 0 spiro atoms. The van der Waals surface area contributed by atoms with E-state index < -0.39 is 23.4 Å². The molecule has 0 aromatic heterocycles. The molecule has 0 aromatic rings. The summed E-state index contributed by atoms with van der Waals surface area (Å²) in [6.45, 7) is 7.96. The molecule has 6 atom stereocenters. The Morgan fingerprint density at radius 1 is 0.600 bits per heavy atom. The molecule has 0 fully saturated rings. The summed E-state index contributed by atoms with van der Waals surface area (Å²) in [6.07, 6.45) is 8.68. The van der Waals surface area contributed by atoms with Crippen LogP contribution in [0.4, 0.5) is 0 Å². The Morgan fingerprint density at radius 3 is 1.23 bits per heavy atom. The van der Waals surface area contributed by atoms with Crippen LogP contribution >= 0.6 is 0 Å². The molecule has 0 aliphatic carbocycles. The number of aliphatic hydroxyl groups is 6. The van der Waals surface area contributed by atoms with Crippen LogP contribution in [0.1, 0.15) is 118 Å². The summed E-state index contributed by atoms with van der Waals surface area (Å²) < 4.78 is 7.33.